The molecule has 1 atom stereocenters. The summed E-state index contributed by atoms with van der Waals surface area (Å²) in [6.45, 7) is 3.94. The fraction of sp³-hybridized carbons (Fsp3) is 0.462. The molecule has 0 radical (unpaired) electrons. The van der Waals surface area contributed by atoms with Crippen molar-refractivity contribution in [3.63, 3.8) is 0 Å². The minimum absolute atomic E-state index is 0.0366. The Morgan fingerprint density at radius 3 is 2.65 bits per heavy atom. The van der Waals surface area contributed by atoms with Crippen LogP contribution in [0.3, 0.4) is 0 Å². The summed E-state index contributed by atoms with van der Waals surface area (Å²) >= 11 is 0. The molecule has 1 aromatic rings. The summed E-state index contributed by atoms with van der Waals surface area (Å²) < 4.78 is 9.76. The van der Waals surface area contributed by atoms with Crippen molar-refractivity contribution in [2.24, 2.45) is 0 Å². The fourth-order valence-electron chi connectivity index (χ4n) is 1.57. The molecule has 0 spiro atoms. The van der Waals surface area contributed by atoms with E-state index in [-0.39, 0.29) is 12.0 Å². The fourth-order valence-corrected chi connectivity index (χ4v) is 1.57. The Morgan fingerprint density at radius 2 is 2.12 bits per heavy atom. The molecule has 1 aromatic carbocycles. The number of carbonyl (C=O) groups is 1. The van der Waals surface area contributed by atoms with Crippen molar-refractivity contribution in [2.75, 3.05) is 19.5 Å². The van der Waals surface area contributed by atoms with Crippen LogP contribution in [0.5, 0.6) is 5.75 Å². The molecule has 0 amide bonds. The third-order valence-electron chi connectivity index (χ3n) is 2.54. The van der Waals surface area contributed by atoms with Crippen LogP contribution in [0.2, 0.25) is 0 Å². The van der Waals surface area contributed by atoms with Crippen LogP contribution < -0.4 is 10.1 Å². The van der Waals surface area contributed by atoms with Gasteiger partial charge in [0.1, 0.15) is 5.75 Å². The Balaban J connectivity index is 2.65. The lowest BCUT2D eigenvalue weighted by Gasteiger charge is -2.16. The molecule has 4 nitrogen and oxygen atoms in total. The molecule has 0 saturated carbocycles. The van der Waals surface area contributed by atoms with E-state index in [2.05, 4.69) is 10.1 Å². The number of methoxy groups -OCH3 is 2. The van der Waals surface area contributed by atoms with Crippen molar-refractivity contribution < 1.29 is 14.3 Å². The van der Waals surface area contributed by atoms with Crippen molar-refractivity contribution in [3.8, 4) is 5.75 Å². The molecular formula is C13H19NO3. The SMILES string of the molecule is COC(=O)CC(C)Nc1ccc(OC)cc1C. The maximum absolute atomic E-state index is 11.1. The van der Waals surface area contributed by atoms with Crippen molar-refractivity contribution in [2.45, 2.75) is 26.3 Å². The molecule has 94 valence electrons. The summed E-state index contributed by atoms with van der Waals surface area (Å²) in [4.78, 5) is 11.1. The Labute approximate surface area is 102 Å². The van der Waals surface area contributed by atoms with Crippen LogP contribution in [0.1, 0.15) is 18.9 Å². The molecule has 1 N–H and O–H groups in total. The minimum atomic E-state index is -0.212. The zero-order chi connectivity index (χ0) is 12.8. The predicted octanol–water partition coefficient (Wildman–Crippen LogP) is 2.37. The van der Waals surface area contributed by atoms with Gasteiger partial charge in [-0.05, 0) is 37.6 Å². The topological polar surface area (TPSA) is 47.6 Å². The highest BCUT2D eigenvalue weighted by atomic mass is 16.5. The van der Waals surface area contributed by atoms with Gasteiger partial charge in [-0.15, -0.1) is 0 Å². The Kier molecular flexibility index (Phi) is 4.82. The third-order valence-corrected chi connectivity index (χ3v) is 2.54. The highest BCUT2D eigenvalue weighted by molar-refractivity contribution is 5.70. The lowest BCUT2D eigenvalue weighted by molar-refractivity contribution is -0.140. The van der Waals surface area contributed by atoms with E-state index in [0.717, 1.165) is 17.0 Å². The molecule has 4 heteroatoms. The standard InChI is InChI=1S/C13H19NO3/c1-9-7-11(16-3)5-6-12(9)14-10(2)8-13(15)17-4/h5-7,10,14H,8H2,1-4H3. The third kappa shape index (κ3) is 3.98. The van der Waals surface area contributed by atoms with Crippen LogP contribution in [0, 0.1) is 6.92 Å². The van der Waals surface area contributed by atoms with Crippen LogP contribution >= 0.6 is 0 Å². The molecule has 1 rings (SSSR count). The van der Waals surface area contributed by atoms with Gasteiger partial charge in [-0.1, -0.05) is 0 Å². The lowest BCUT2D eigenvalue weighted by Crippen LogP contribution is -2.20. The van der Waals surface area contributed by atoms with E-state index >= 15 is 0 Å². The lowest BCUT2D eigenvalue weighted by atomic mass is 10.1. The van der Waals surface area contributed by atoms with Gasteiger partial charge in [-0.2, -0.15) is 0 Å². The molecule has 1 unspecified atom stereocenters. The Morgan fingerprint density at radius 1 is 1.41 bits per heavy atom. The first-order chi connectivity index (χ1) is 8.06. The first-order valence-electron chi connectivity index (χ1n) is 5.54. The molecule has 0 aromatic heterocycles. The average Bonchev–Trinajstić information content (AvgIpc) is 2.31. The van der Waals surface area contributed by atoms with Gasteiger partial charge >= 0.3 is 5.97 Å². The number of hydrogen-bond acceptors (Lipinski definition) is 4. The molecule has 0 fully saturated rings. The van der Waals surface area contributed by atoms with Gasteiger partial charge in [-0.3, -0.25) is 4.79 Å². The normalized spacial score (nSPS) is 11.8. The van der Waals surface area contributed by atoms with E-state index in [1.165, 1.54) is 7.11 Å². The molecule has 0 aliphatic heterocycles. The molecule has 0 aliphatic rings. The molecule has 17 heavy (non-hydrogen) atoms. The van der Waals surface area contributed by atoms with E-state index < -0.39 is 0 Å². The van der Waals surface area contributed by atoms with Crippen molar-refractivity contribution in [3.05, 3.63) is 23.8 Å². The summed E-state index contributed by atoms with van der Waals surface area (Å²) in [6.07, 6.45) is 0.349. The largest absolute Gasteiger partial charge is 0.497 e. The van der Waals surface area contributed by atoms with Gasteiger partial charge in [0.15, 0.2) is 0 Å². The summed E-state index contributed by atoms with van der Waals surface area (Å²) in [5, 5.41) is 3.27. The van der Waals surface area contributed by atoms with Crippen molar-refractivity contribution in [1.29, 1.82) is 0 Å². The number of aryl methyl sites for hydroxylation is 1. The number of esters is 1. The van der Waals surface area contributed by atoms with Gasteiger partial charge < -0.3 is 14.8 Å². The average molecular weight is 237 g/mol. The number of carbonyl (C=O) groups excluding carboxylic acids is 1. The first kappa shape index (κ1) is 13.4. The van der Waals surface area contributed by atoms with E-state index in [9.17, 15) is 4.79 Å². The maximum atomic E-state index is 11.1. The summed E-state index contributed by atoms with van der Waals surface area (Å²) in [7, 11) is 3.04. The zero-order valence-electron chi connectivity index (χ0n) is 10.7. The number of hydrogen-bond donors (Lipinski definition) is 1. The first-order valence-corrected chi connectivity index (χ1v) is 5.54. The summed E-state index contributed by atoms with van der Waals surface area (Å²) in [5.41, 5.74) is 2.09. The number of anilines is 1. The minimum Gasteiger partial charge on any atom is -0.497 e. The Bertz CT molecular complexity index is 390. The van der Waals surface area contributed by atoms with E-state index in [4.69, 9.17) is 4.74 Å². The second-order valence-electron chi connectivity index (χ2n) is 4.01. The van der Waals surface area contributed by atoms with Gasteiger partial charge in [-0.25, -0.2) is 0 Å². The summed E-state index contributed by atoms with van der Waals surface area (Å²) in [6, 6.07) is 5.82. The second-order valence-corrected chi connectivity index (χ2v) is 4.01. The van der Waals surface area contributed by atoms with Crippen LogP contribution in [-0.2, 0) is 9.53 Å². The van der Waals surface area contributed by atoms with Crippen LogP contribution in [0.4, 0.5) is 5.69 Å². The molecule has 0 aliphatic carbocycles. The zero-order valence-corrected chi connectivity index (χ0v) is 10.7. The highest BCUT2D eigenvalue weighted by Crippen LogP contribution is 2.22. The highest BCUT2D eigenvalue weighted by Gasteiger charge is 2.10. The van der Waals surface area contributed by atoms with Crippen molar-refractivity contribution >= 4 is 11.7 Å². The van der Waals surface area contributed by atoms with Gasteiger partial charge in [0.2, 0.25) is 0 Å². The number of benzene rings is 1. The molecule has 0 bridgehead atoms. The molecule has 0 saturated heterocycles. The second kappa shape index (κ2) is 6.13. The van der Waals surface area contributed by atoms with Gasteiger partial charge in [0.25, 0.3) is 0 Å². The van der Waals surface area contributed by atoms with Gasteiger partial charge in [0.05, 0.1) is 20.6 Å². The Hall–Kier alpha value is -1.71. The number of ether oxygens (including phenoxy) is 2. The molecular weight excluding hydrogens is 218 g/mol. The van der Waals surface area contributed by atoms with Crippen LogP contribution in [0.15, 0.2) is 18.2 Å². The number of nitrogens with one attached hydrogen (secondary N) is 1. The molecule has 0 heterocycles. The quantitative estimate of drug-likeness (QED) is 0.799. The maximum Gasteiger partial charge on any atom is 0.307 e. The van der Waals surface area contributed by atoms with E-state index in [0.29, 0.717) is 6.42 Å². The van der Waals surface area contributed by atoms with E-state index in [1.807, 2.05) is 32.0 Å². The van der Waals surface area contributed by atoms with E-state index in [1.54, 1.807) is 7.11 Å². The van der Waals surface area contributed by atoms with Crippen LogP contribution in [0.25, 0.3) is 0 Å². The summed E-state index contributed by atoms with van der Waals surface area (Å²) in [5.74, 6) is 0.616. The smallest absolute Gasteiger partial charge is 0.307 e. The monoisotopic (exact) mass is 237 g/mol. The number of rotatable bonds is 5. The van der Waals surface area contributed by atoms with Gasteiger partial charge in [0, 0.05) is 11.7 Å². The predicted molar refractivity (Wildman–Crippen MR) is 67.4 cm³/mol. The van der Waals surface area contributed by atoms with Crippen LogP contribution in [-0.4, -0.2) is 26.2 Å². The van der Waals surface area contributed by atoms with Crippen molar-refractivity contribution in [1.82, 2.24) is 0 Å².